The van der Waals surface area contributed by atoms with Gasteiger partial charge >= 0.3 is 0 Å². The number of alkyl halides is 1. The van der Waals surface area contributed by atoms with Gasteiger partial charge in [-0.1, -0.05) is 44.0 Å². The molecule has 0 heterocycles. The van der Waals surface area contributed by atoms with Gasteiger partial charge in [-0.15, -0.1) is 0 Å². The third kappa shape index (κ3) is 2.51. The number of carbonyl (C=O) groups excluding carboxylic acids is 2. The number of hydrogen-bond acceptors (Lipinski definition) is 2. The number of ketones is 1. The van der Waals surface area contributed by atoms with Gasteiger partial charge in [0.05, 0.1) is 4.83 Å². The van der Waals surface area contributed by atoms with Crippen molar-refractivity contribution < 1.29 is 9.59 Å². The second-order valence-corrected chi connectivity index (χ2v) is 4.64. The van der Waals surface area contributed by atoms with Crippen molar-refractivity contribution in [3.63, 3.8) is 0 Å². The summed E-state index contributed by atoms with van der Waals surface area (Å²) in [7, 11) is 0. The van der Waals surface area contributed by atoms with Gasteiger partial charge in [-0.3, -0.25) is 9.59 Å². The Balaban J connectivity index is 3.08. The lowest BCUT2D eigenvalue weighted by atomic mass is 10.1. The summed E-state index contributed by atoms with van der Waals surface area (Å²) in [6, 6.07) is 5.21. The second kappa shape index (κ2) is 4.84. The lowest BCUT2D eigenvalue weighted by Gasteiger charge is -2.07. The summed E-state index contributed by atoms with van der Waals surface area (Å²) in [4.78, 5) is 21.3. The molecule has 0 spiro atoms. The minimum absolute atomic E-state index is 0.0377. The molecule has 0 saturated carbocycles. The van der Waals surface area contributed by atoms with E-state index >= 15 is 0 Å². The first-order valence-corrected chi connectivity index (χ1v) is 5.66. The average Bonchev–Trinajstić information content (AvgIpc) is 2.16. The van der Waals surface area contributed by atoms with Gasteiger partial charge in [0.2, 0.25) is 0 Å². The molecule has 1 aromatic carbocycles. The SMILES string of the molecule is CC(=O)C(Br)c1ccc(C=O)c(Br)c1. The zero-order valence-corrected chi connectivity index (χ0v) is 10.6. The molecule has 0 saturated heterocycles. The normalized spacial score (nSPS) is 12.2. The number of benzene rings is 1. The second-order valence-electron chi connectivity index (χ2n) is 2.87. The Labute approximate surface area is 98.9 Å². The summed E-state index contributed by atoms with van der Waals surface area (Å²) in [5.41, 5.74) is 1.42. The molecule has 0 bridgehead atoms. The Hall–Kier alpha value is -0.480. The van der Waals surface area contributed by atoms with Crippen molar-refractivity contribution in [2.75, 3.05) is 0 Å². The van der Waals surface area contributed by atoms with E-state index in [1.807, 2.05) is 0 Å². The highest BCUT2D eigenvalue weighted by atomic mass is 79.9. The van der Waals surface area contributed by atoms with Gasteiger partial charge in [-0.05, 0) is 18.6 Å². The van der Waals surface area contributed by atoms with Crippen LogP contribution in [0.5, 0.6) is 0 Å². The summed E-state index contributed by atoms with van der Waals surface area (Å²) < 4.78 is 0.704. The first-order valence-electron chi connectivity index (χ1n) is 3.95. The van der Waals surface area contributed by atoms with Crippen LogP contribution in [-0.4, -0.2) is 12.1 Å². The van der Waals surface area contributed by atoms with Gasteiger partial charge in [-0.25, -0.2) is 0 Å². The van der Waals surface area contributed by atoms with Gasteiger partial charge in [0.15, 0.2) is 6.29 Å². The molecule has 74 valence electrons. The number of rotatable bonds is 3. The maximum atomic E-state index is 11.1. The van der Waals surface area contributed by atoms with Crippen molar-refractivity contribution in [3.05, 3.63) is 33.8 Å². The highest BCUT2D eigenvalue weighted by Crippen LogP contribution is 2.27. The van der Waals surface area contributed by atoms with Crippen LogP contribution < -0.4 is 0 Å². The van der Waals surface area contributed by atoms with Crippen LogP contribution in [0.3, 0.4) is 0 Å². The van der Waals surface area contributed by atoms with Gasteiger partial charge in [0, 0.05) is 10.0 Å². The van der Waals surface area contributed by atoms with Crippen molar-refractivity contribution in [1.82, 2.24) is 0 Å². The van der Waals surface area contributed by atoms with E-state index < -0.39 is 0 Å². The summed E-state index contributed by atoms with van der Waals surface area (Å²) in [6.07, 6.45) is 0.769. The molecule has 1 rings (SSSR count). The van der Waals surface area contributed by atoms with Crippen LogP contribution >= 0.6 is 31.9 Å². The zero-order chi connectivity index (χ0) is 10.7. The Morgan fingerprint density at radius 1 is 1.50 bits per heavy atom. The average molecular weight is 320 g/mol. The number of Topliss-reactive ketones (excluding diaryl/α,β-unsaturated/α-hetero) is 1. The molecule has 14 heavy (non-hydrogen) atoms. The molecule has 0 radical (unpaired) electrons. The van der Waals surface area contributed by atoms with E-state index in [2.05, 4.69) is 31.9 Å². The molecule has 4 heteroatoms. The molecule has 1 aromatic rings. The molecular weight excluding hydrogens is 312 g/mol. The minimum atomic E-state index is -0.306. The highest BCUT2D eigenvalue weighted by Gasteiger charge is 2.13. The van der Waals surface area contributed by atoms with E-state index in [9.17, 15) is 9.59 Å². The Kier molecular flexibility index (Phi) is 4.01. The molecule has 0 fully saturated rings. The maximum Gasteiger partial charge on any atom is 0.151 e. The summed E-state index contributed by atoms with van der Waals surface area (Å²) in [6.45, 7) is 1.51. The van der Waals surface area contributed by atoms with E-state index in [1.165, 1.54) is 6.92 Å². The number of hydrogen-bond donors (Lipinski definition) is 0. The fourth-order valence-corrected chi connectivity index (χ4v) is 1.81. The molecule has 0 aromatic heterocycles. The predicted octanol–water partition coefficient (Wildman–Crippen LogP) is 3.29. The molecule has 0 N–H and O–H groups in total. The van der Waals surface area contributed by atoms with Crippen molar-refractivity contribution in [1.29, 1.82) is 0 Å². The number of carbonyl (C=O) groups is 2. The highest BCUT2D eigenvalue weighted by molar-refractivity contribution is 9.10. The van der Waals surface area contributed by atoms with E-state index in [0.29, 0.717) is 10.0 Å². The quantitative estimate of drug-likeness (QED) is 0.633. The molecule has 0 aliphatic rings. The monoisotopic (exact) mass is 318 g/mol. The molecule has 1 unspecified atom stereocenters. The van der Waals surface area contributed by atoms with Crippen LogP contribution in [0.2, 0.25) is 0 Å². The fourth-order valence-electron chi connectivity index (χ4n) is 1.03. The van der Waals surface area contributed by atoms with Gasteiger partial charge in [0.1, 0.15) is 5.78 Å². The van der Waals surface area contributed by atoms with E-state index in [-0.39, 0.29) is 10.6 Å². The third-order valence-corrected chi connectivity index (χ3v) is 3.66. The van der Waals surface area contributed by atoms with Crippen LogP contribution in [-0.2, 0) is 4.79 Å². The van der Waals surface area contributed by atoms with Crippen molar-refractivity contribution in [2.45, 2.75) is 11.8 Å². The van der Waals surface area contributed by atoms with Crippen molar-refractivity contribution >= 4 is 43.9 Å². The Bertz CT molecular complexity index is 374. The van der Waals surface area contributed by atoms with Crippen LogP contribution in [0.4, 0.5) is 0 Å². The number of aldehydes is 1. The van der Waals surface area contributed by atoms with E-state index in [4.69, 9.17) is 0 Å². The standard InChI is InChI=1S/C10H8Br2O2/c1-6(14)10(12)7-2-3-8(5-13)9(11)4-7/h2-5,10H,1H3. The summed E-state index contributed by atoms with van der Waals surface area (Å²) in [5.74, 6) is 0.0377. The van der Waals surface area contributed by atoms with Crippen LogP contribution in [0.15, 0.2) is 22.7 Å². The molecular formula is C10H8Br2O2. The Morgan fingerprint density at radius 3 is 2.57 bits per heavy atom. The first-order chi connectivity index (χ1) is 6.56. The lowest BCUT2D eigenvalue weighted by Crippen LogP contribution is -2.01. The van der Waals surface area contributed by atoms with Gasteiger partial charge in [-0.2, -0.15) is 0 Å². The summed E-state index contributed by atoms with van der Waals surface area (Å²) in [5, 5.41) is 0. The van der Waals surface area contributed by atoms with Gasteiger partial charge in [0.25, 0.3) is 0 Å². The molecule has 0 aliphatic carbocycles. The lowest BCUT2D eigenvalue weighted by molar-refractivity contribution is -0.116. The molecule has 0 amide bonds. The van der Waals surface area contributed by atoms with Crippen LogP contribution in [0, 0.1) is 0 Å². The molecule has 1 atom stereocenters. The fraction of sp³-hybridized carbons (Fsp3) is 0.200. The third-order valence-electron chi connectivity index (χ3n) is 1.80. The zero-order valence-electron chi connectivity index (χ0n) is 7.46. The van der Waals surface area contributed by atoms with Crippen LogP contribution in [0.1, 0.15) is 27.7 Å². The minimum Gasteiger partial charge on any atom is -0.298 e. The van der Waals surface area contributed by atoms with Crippen LogP contribution in [0.25, 0.3) is 0 Å². The largest absolute Gasteiger partial charge is 0.298 e. The topological polar surface area (TPSA) is 34.1 Å². The van der Waals surface area contributed by atoms with E-state index in [0.717, 1.165) is 11.8 Å². The molecule has 0 aliphatic heterocycles. The Morgan fingerprint density at radius 2 is 2.14 bits per heavy atom. The van der Waals surface area contributed by atoms with Crippen molar-refractivity contribution in [3.8, 4) is 0 Å². The predicted molar refractivity (Wildman–Crippen MR) is 61.9 cm³/mol. The first kappa shape index (κ1) is 11.6. The smallest absolute Gasteiger partial charge is 0.151 e. The van der Waals surface area contributed by atoms with Crippen molar-refractivity contribution in [2.24, 2.45) is 0 Å². The maximum absolute atomic E-state index is 11.1. The van der Waals surface area contributed by atoms with Gasteiger partial charge < -0.3 is 0 Å². The summed E-state index contributed by atoms with van der Waals surface area (Å²) >= 11 is 6.53. The van der Waals surface area contributed by atoms with E-state index in [1.54, 1.807) is 18.2 Å². The molecule has 2 nitrogen and oxygen atoms in total. The number of halogens is 2.